The lowest BCUT2D eigenvalue weighted by Crippen LogP contribution is -2.13. The first-order chi connectivity index (χ1) is 14.0. The highest BCUT2D eigenvalue weighted by atomic mass is 32.1. The highest BCUT2D eigenvalue weighted by molar-refractivity contribution is 7.16. The quantitative estimate of drug-likeness (QED) is 0.345. The van der Waals surface area contributed by atoms with E-state index in [2.05, 4.69) is 11.4 Å². The van der Waals surface area contributed by atoms with Crippen molar-refractivity contribution in [2.75, 3.05) is 12.4 Å². The molecule has 0 unspecified atom stereocenters. The number of hydrogen-bond donors (Lipinski definition) is 1. The lowest BCUT2D eigenvalue weighted by atomic mass is 9.96. The number of nitro benzene ring substituents is 1. The van der Waals surface area contributed by atoms with E-state index in [0.29, 0.717) is 16.3 Å². The summed E-state index contributed by atoms with van der Waals surface area (Å²) in [6.45, 7) is 0. The summed E-state index contributed by atoms with van der Waals surface area (Å²) in [4.78, 5) is 24.2. The third kappa shape index (κ3) is 4.10. The van der Waals surface area contributed by atoms with E-state index in [4.69, 9.17) is 4.74 Å². The fraction of sp³-hybridized carbons (Fsp3) is 0.250. The molecule has 146 valence electrons. The Kier molecular flexibility index (Phi) is 5.91. The van der Waals surface area contributed by atoms with Crippen molar-refractivity contribution in [3.8, 4) is 17.9 Å². The number of nitrogens with zero attached hydrogens (tertiary/aromatic N) is 3. The van der Waals surface area contributed by atoms with Gasteiger partial charge in [0.15, 0.2) is 0 Å². The van der Waals surface area contributed by atoms with E-state index >= 15 is 0 Å². The molecule has 0 aliphatic heterocycles. The summed E-state index contributed by atoms with van der Waals surface area (Å²) in [7, 11) is 1.39. The Labute approximate surface area is 170 Å². The molecule has 1 heterocycles. The molecule has 8 nitrogen and oxygen atoms in total. The molecule has 0 bridgehead atoms. The molecule has 0 saturated heterocycles. The van der Waals surface area contributed by atoms with E-state index in [1.54, 1.807) is 0 Å². The van der Waals surface area contributed by atoms with E-state index in [1.807, 2.05) is 6.07 Å². The van der Waals surface area contributed by atoms with Gasteiger partial charge in [0.2, 0.25) is 0 Å². The lowest BCUT2D eigenvalue weighted by molar-refractivity contribution is -0.384. The van der Waals surface area contributed by atoms with Crippen molar-refractivity contribution in [2.45, 2.75) is 25.7 Å². The van der Waals surface area contributed by atoms with Crippen LogP contribution in [0.15, 0.2) is 23.8 Å². The third-order valence-corrected chi connectivity index (χ3v) is 5.81. The number of thiophene rings is 1. The number of carbonyl (C=O) groups excluding carboxylic acids is 1. The number of amides is 1. The summed E-state index contributed by atoms with van der Waals surface area (Å²) in [5.74, 6) is -0.392. The van der Waals surface area contributed by atoms with Crippen LogP contribution >= 0.6 is 11.3 Å². The van der Waals surface area contributed by atoms with Crippen LogP contribution in [0.4, 0.5) is 10.7 Å². The normalized spacial score (nSPS) is 13.0. The maximum absolute atomic E-state index is 12.7. The van der Waals surface area contributed by atoms with Gasteiger partial charge in [-0.3, -0.25) is 14.9 Å². The molecule has 29 heavy (non-hydrogen) atoms. The Morgan fingerprint density at radius 2 is 2.10 bits per heavy atom. The standard InChI is InChI=1S/C20H16N4O4S/c1-28-17-7-6-14(24(26)27)9-12(17)8-13(10-21)19(25)23-20-16(11-22)15-4-2-3-5-18(15)29-20/h6-9H,2-5H2,1H3,(H,23,25)/b13-8+. The number of nitro groups is 1. The van der Waals surface area contributed by atoms with Gasteiger partial charge in [-0.05, 0) is 43.4 Å². The summed E-state index contributed by atoms with van der Waals surface area (Å²) in [6, 6.07) is 7.87. The predicted molar refractivity (Wildman–Crippen MR) is 108 cm³/mol. The van der Waals surface area contributed by atoms with E-state index in [1.165, 1.54) is 42.7 Å². The minimum absolute atomic E-state index is 0.188. The number of benzene rings is 1. The van der Waals surface area contributed by atoms with Gasteiger partial charge in [0.25, 0.3) is 11.6 Å². The average molecular weight is 408 g/mol. The number of anilines is 1. The first-order valence-electron chi connectivity index (χ1n) is 8.78. The van der Waals surface area contributed by atoms with E-state index in [-0.39, 0.29) is 16.8 Å². The minimum Gasteiger partial charge on any atom is -0.496 e. The Morgan fingerprint density at radius 1 is 1.34 bits per heavy atom. The molecular weight excluding hydrogens is 392 g/mol. The Bertz CT molecular complexity index is 1100. The summed E-state index contributed by atoms with van der Waals surface area (Å²) in [6.07, 6.45) is 4.96. The first kappa shape index (κ1) is 20.1. The van der Waals surface area contributed by atoms with E-state index in [9.17, 15) is 25.4 Å². The first-order valence-corrected chi connectivity index (χ1v) is 9.60. The maximum atomic E-state index is 12.7. The van der Waals surface area contributed by atoms with Gasteiger partial charge >= 0.3 is 0 Å². The molecule has 2 aromatic rings. The second kappa shape index (κ2) is 8.55. The fourth-order valence-corrected chi connectivity index (χ4v) is 4.43. The van der Waals surface area contributed by atoms with Crippen LogP contribution in [0.5, 0.6) is 5.75 Å². The Morgan fingerprint density at radius 3 is 2.76 bits per heavy atom. The topological polar surface area (TPSA) is 129 Å². The molecule has 0 saturated carbocycles. The smallest absolute Gasteiger partial charge is 0.270 e. The van der Waals surface area contributed by atoms with Crippen LogP contribution in [-0.2, 0) is 17.6 Å². The largest absolute Gasteiger partial charge is 0.496 e. The van der Waals surface area contributed by atoms with Gasteiger partial charge in [-0.2, -0.15) is 10.5 Å². The molecular formula is C20H16N4O4S. The summed E-state index contributed by atoms with van der Waals surface area (Å²) in [5, 5.41) is 33.1. The second-order valence-electron chi connectivity index (χ2n) is 6.33. The van der Waals surface area contributed by atoms with Crippen molar-refractivity contribution in [1.29, 1.82) is 10.5 Å². The molecule has 0 spiro atoms. The summed E-state index contributed by atoms with van der Waals surface area (Å²) < 4.78 is 5.17. The number of nitriles is 2. The predicted octanol–water partition coefficient (Wildman–Crippen LogP) is 3.96. The monoisotopic (exact) mass is 408 g/mol. The highest BCUT2D eigenvalue weighted by Crippen LogP contribution is 2.38. The van der Waals surface area contributed by atoms with Gasteiger partial charge in [-0.15, -0.1) is 11.3 Å². The van der Waals surface area contributed by atoms with E-state index in [0.717, 1.165) is 36.1 Å². The van der Waals surface area contributed by atoms with Crippen LogP contribution < -0.4 is 10.1 Å². The van der Waals surface area contributed by atoms with Gasteiger partial charge in [0.05, 0.1) is 17.6 Å². The van der Waals surface area contributed by atoms with Crippen molar-refractivity contribution in [1.82, 2.24) is 0 Å². The van der Waals surface area contributed by atoms with Crippen molar-refractivity contribution >= 4 is 34.0 Å². The molecule has 0 radical (unpaired) electrons. The molecule has 1 aliphatic carbocycles. The number of ether oxygens (including phenoxy) is 1. The zero-order valence-corrected chi connectivity index (χ0v) is 16.3. The fourth-order valence-electron chi connectivity index (χ4n) is 3.19. The number of nitrogens with one attached hydrogen (secondary N) is 1. The number of fused-ring (bicyclic) bond motifs is 1. The number of carbonyl (C=O) groups is 1. The highest BCUT2D eigenvalue weighted by Gasteiger charge is 2.23. The van der Waals surface area contributed by atoms with Crippen molar-refractivity contribution in [3.63, 3.8) is 0 Å². The van der Waals surface area contributed by atoms with Crippen molar-refractivity contribution in [3.05, 3.63) is 55.5 Å². The van der Waals surface area contributed by atoms with Gasteiger partial charge in [0.1, 0.15) is 28.5 Å². The van der Waals surface area contributed by atoms with Gasteiger partial charge < -0.3 is 10.1 Å². The zero-order chi connectivity index (χ0) is 21.0. The van der Waals surface area contributed by atoms with E-state index < -0.39 is 10.8 Å². The molecule has 0 atom stereocenters. The number of aryl methyl sites for hydroxylation is 1. The molecule has 1 N–H and O–H groups in total. The Hall–Kier alpha value is -3.69. The molecule has 1 amide bonds. The summed E-state index contributed by atoms with van der Waals surface area (Å²) >= 11 is 1.36. The van der Waals surface area contributed by atoms with Crippen LogP contribution in [0.1, 0.15) is 34.4 Å². The third-order valence-electron chi connectivity index (χ3n) is 4.60. The number of methoxy groups -OCH3 is 1. The van der Waals surface area contributed by atoms with Crippen LogP contribution in [0.2, 0.25) is 0 Å². The summed E-state index contributed by atoms with van der Waals surface area (Å²) in [5.41, 5.74) is 1.22. The zero-order valence-electron chi connectivity index (χ0n) is 15.5. The number of rotatable bonds is 5. The number of hydrogen-bond acceptors (Lipinski definition) is 7. The van der Waals surface area contributed by atoms with Crippen LogP contribution in [-0.4, -0.2) is 17.9 Å². The molecule has 1 aromatic heterocycles. The van der Waals surface area contributed by atoms with Crippen LogP contribution in [0.3, 0.4) is 0 Å². The number of non-ortho nitro benzene ring substituents is 1. The van der Waals surface area contributed by atoms with Gasteiger partial charge in [-0.1, -0.05) is 0 Å². The lowest BCUT2D eigenvalue weighted by Gasteiger charge is -2.09. The van der Waals surface area contributed by atoms with Crippen molar-refractivity contribution < 1.29 is 14.5 Å². The molecule has 9 heteroatoms. The molecule has 0 fully saturated rings. The van der Waals surface area contributed by atoms with Gasteiger partial charge in [-0.25, -0.2) is 0 Å². The molecule has 3 rings (SSSR count). The average Bonchev–Trinajstić information content (AvgIpc) is 3.08. The minimum atomic E-state index is -0.684. The Balaban J connectivity index is 1.94. The SMILES string of the molecule is COc1ccc([N+](=O)[O-])cc1/C=C(\C#N)C(=O)Nc1sc2c(c1C#N)CCCC2. The van der Waals surface area contributed by atoms with Crippen molar-refractivity contribution in [2.24, 2.45) is 0 Å². The molecule has 1 aromatic carbocycles. The van der Waals surface area contributed by atoms with Gasteiger partial charge in [0, 0.05) is 22.6 Å². The van der Waals surface area contributed by atoms with Crippen LogP contribution in [0.25, 0.3) is 6.08 Å². The van der Waals surface area contributed by atoms with Crippen LogP contribution in [0, 0.1) is 32.8 Å². The second-order valence-corrected chi connectivity index (χ2v) is 7.44. The maximum Gasteiger partial charge on any atom is 0.270 e. The molecule has 1 aliphatic rings.